The summed E-state index contributed by atoms with van der Waals surface area (Å²) in [5, 5.41) is 7.92. The van der Waals surface area contributed by atoms with E-state index in [9.17, 15) is 9.59 Å². The molecule has 0 spiro atoms. The molecule has 0 radical (unpaired) electrons. The van der Waals surface area contributed by atoms with E-state index in [1.165, 1.54) is 11.0 Å². The normalized spacial score (nSPS) is 12.3. The van der Waals surface area contributed by atoms with Gasteiger partial charge in [0.05, 0.1) is 0 Å². The van der Waals surface area contributed by atoms with Crippen LogP contribution in [0.4, 0.5) is 0 Å². The number of benzene rings is 2. The fraction of sp³-hybridized carbons (Fsp3) is 0.240. The lowest BCUT2D eigenvalue weighted by Crippen LogP contribution is -2.40. The predicted octanol–water partition coefficient (Wildman–Crippen LogP) is 3.10. The van der Waals surface area contributed by atoms with Crippen molar-refractivity contribution >= 4 is 11.2 Å². The molecule has 0 fully saturated rings. The van der Waals surface area contributed by atoms with E-state index in [0.29, 0.717) is 43.3 Å². The fourth-order valence-corrected chi connectivity index (χ4v) is 4.20. The molecule has 1 atom stereocenters. The largest absolute Gasteiger partial charge is 0.427 e. The molecule has 1 N–H and O–H groups in total. The number of aromatic nitrogens is 6. The SMILES string of the molecule is CCCn1c(=O)c2[nH]c(C(c3ccccc3)c3nnco3)nc2n(CCc2ccccc2)c1=O. The molecule has 3 aromatic heterocycles. The highest BCUT2D eigenvalue weighted by atomic mass is 16.4. The maximum absolute atomic E-state index is 13.3. The van der Waals surface area contributed by atoms with E-state index in [0.717, 1.165) is 11.1 Å². The molecule has 5 rings (SSSR count). The number of nitrogens with zero attached hydrogens (tertiary/aromatic N) is 5. The van der Waals surface area contributed by atoms with Gasteiger partial charge >= 0.3 is 5.69 Å². The van der Waals surface area contributed by atoms with Gasteiger partial charge in [0.1, 0.15) is 17.3 Å². The molecule has 9 nitrogen and oxygen atoms in total. The van der Waals surface area contributed by atoms with Crippen LogP contribution < -0.4 is 11.2 Å². The zero-order chi connectivity index (χ0) is 23.5. The van der Waals surface area contributed by atoms with Gasteiger partial charge in [-0.05, 0) is 24.0 Å². The van der Waals surface area contributed by atoms with Crippen LogP contribution in [0.25, 0.3) is 11.2 Å². The van der Waals surface area contributed by atoms with Crippen LogP contribution in [-0.4, -0.2) is 29.3 Å². The predicted molar refractivity (Wildman–Crippen MR) is 127 cm³/mol. The van der Waals surface area contributed by atoms with E-state index in [1.54, 1.807) is 4.57 Å². The van der Waals surface area contributed by atoms with Gasteiger partial charge in [0.25, 0.3) is 5.56 Å². The van der Waals surface area contributed by atoms with Crippen LogP contribution in [0.1, 0.15) is 42.1 Å². The van der Waals surface area contributed by atoms with Crippen LogP contribution in [0.2, 0.25) is 0 Å². The molecule has 172 valence electrons. The number of H-pyrrole nitrogens is 1. The van der Waals surface area contributed by atoms with Crippen molar-refractivity contribution in [2.45, 2.75) is 38.8 Å². The van der Waals surface area contributed by atoms with Gasteiger partial charge in [0.15, 0.2) is 5.65 Å². The summed E-state index contributed by atoms with van der Waals surface area (Å²) in [4.78, 5) is 34.5. The summed E-state index contributed by atoms with van der Waals surface area (Å²) in [5.74, 6) is 0.301. The van der Waals surface area contributed by atoms with E-state index < -0.39 is 5.92 Å². The smallest absolute Gasteiger partial charge is 0.332 e. The summed E-state index contributed by atoms with van der Waals surface area (Å²) >= 11 is 0. The molecule has 5 aromatic rings. The van der Waals surface area contributed by atoms with E-state index in [-0.39, 0.29) is 16.8 Å². The lowest BCUT2D eigenvalue weighted by atomic mass is 9.98. The van der Waals surface area contributed by atoms with Crippen molar-refractivity contribution < 1.29 is 4.42 Å². The van der Waals surface area contributed by atoms with E-state index in [2.05, 4.69) is 15.2 Å². The van der Waals surface area contributed by atoms with Crippen LogP contribution in [0.15, 0.2) is 81.1 Å². The minimum atomic E-state index is -0.507. The number of imidazole rings is 1. The number of nitrogens with one attached hydrogen (secondary N) is 1. The van der Waals surface area contributed by atoms with Crippen molar-refractivity contribution in [3.8, 4) is 0 Å². The Balaban J connectivity index is 1.68. The number of aryl methyl sites for hydroxylation is 2. The minimum absolute atomic E-state index is 0.288. The Morgan fingerprint density at radius 1 is 0.971 bits per heavy atom. The van der Waals surface area contributed by atoms with Gasteiger partial charge in [-0.15, -0.1) is 10.2 Å². The molecule has 0 amide bonds. The summed E-state index contributed by atoms with van der Waals surface area (Å²) < 4.78 is 8.37. The first-order chi connectivity index (χ1) is 16.7. The summed E-state index contributed by atoms with van der Waals surface area (Å²) in [7, 11) is 0. The third-order valence-corrected chi connectivity index (χ3v) is 5.82. The molecule has 3 heterocycles. The van der Waals surface area contributed by atoms with E-state index in [1.807, 2.05) is 67.6 Å². The number of aromatic amines is 1. The van der Waals surface area contributed by atoms with Gasteiger partial charge in [-0.1, -0.05) is 67.6 Å². The summed E-state index contributed by atoms with van der Waals surface area (Å²) in [6.07, 6.45) is 2.56. The molecule has 0 saturated carbocycles. The molecule has 0 aliphatic rings. The quantitative estimate of drug-likeness (QED) is 0.384. The molecule has 0 aliphatic carbocycles. The van der Waals surface area contributed by atoms with Gasteiger partial charge in [-0.2, -0.15) is 0 Å². The lowest BCUT2D eigenvalue weighted by Gasteiger charge is -2.11. The molecule has 0 saturated heterocycles. The molecule has 9 heteroatoms. The maximum Gasteiger partial charge on any atom is 0.332 e. The van der Waals surface area contributed by atoms with Crippen molar-refractivity contribution in [2.75, 3.05) is 0 Å². The molecule has 34 heavy (non-hydrogen) atoms. The minimum Gasteiger partial charge on any atom is -0.427 e. The van der Waals surface area contributed by atoms with Gasteiger partial charge in [-0.25, -0.2) is 9.78 Å². The Labute approximate surface area is 194 Å². The van der Waals surface area contributed by atoms with Crippen LogP contribution >= 0.6 is 0 Å². The number of hydrogen-bond donors (Lipinski definition) is 1. The molecule has 0 bridgehead atoms. The number of rotatable bonds is 8. The molecule has 0 aliphatic heterocycles. The molecular formula is C25H24N6O3. The van der Waals surface area contributed by atoms with Crippen molar-refractivity contribution in [1.29, 1.82) is 0 Å². The second-order valence-electron chi connectivity index (χ2n) is 8.07. The topological polar surface area (TPSA) is 112 Å². The first-order valence-electron chi connectivity index (χ1n) is 11.3. The van der Waals surface area contributed by atoms with Crippen molar-refractivity contribution in [3.05, 3.63) is 111 Å². The Hall–Kier alpha value is -4.27. The summed E-state index contributed by atoms with van der Waals surface area (Å²) in [5.41, 5.74) is 1.85. The molecule has 2 aromatic carbocycles. The van der Waals surface area contributed by atoms with Gasteiger partial charge in [0, 0.05) is 13.1 Å². The highest BCUT2D eigenvalue weighted by Crippen LogP contribution is 2.29. The van der Waals surface area contributed by atoms with Crippen LogP contribution in [-0.2, 0) is 19.5 Å². The summed E-state index contributed by atoms with van der Waals surface area (Å²) in [6.45, 7) is 2.66. The average molecular weight is 457 g/mol. The highest BCUT2D eigenvalue weighted by molar-refractivity contribution is 5.70. The third kappa shape index (κ3) is 3.96. The van der Waals surface area contributed by atoms with E-state index >= 15 is 0 Å². The standard InChI is InChI=1S/C25H24N6O3/c1-2-14-31-24(32)20-22(30(25(31)33)15-13-17-9-5-3-6-10-17)28-21(27-20)19(23-29-26-16-34-23)18-11-7-4-8-12-18/h3-12,16,19H,2,13-15H2,1H3,(H,27,28). The second kappa shape index (κ2) is 9.30. The Morgan fingerprint density at radius 3 is 2.38 bits per heavy atom. The maximum atomic E-state index is 13.3. The van der Waals surface area contributed by atoms with Crippen molar-refractivity contribution in [1.82, 2.24) is 29.3 Å². The molecular weight excluding hydrogens is 432 g/mol. The molecule has 1 unspecified atom stereocenters. The first-order valence-corrected chi connectivity index (χ1v) is 11.3. The Morgan fingerprint density at radius 2 is 1.71 bits per heavy atom. The Kier molecular flexibility index (Phi) is 5.90. The van der Waals surface area contributed by atoms with Gasteiger partial charge in [-0.3, -0.25) is 13.9 Å². The van der Waals surface area contributed by atoms with Crippen LogP contribution in [0.3, 0.4) is 0 Å². The zero-order valence-corrected chi connectivity index (χ0v) is 18.7. The fourth-order valence-electron chi connectivity index (χ4n) is 4.20. The van der Waals surface area contributed by atoms with Crippen LogP contribution in [0.5, 0.6) is 0 Å². The summed E-state index contributed by atoms with van der Waals surface area (Å²) in [6, 6.07) is 19.5. The van der Waals surface area contributed by atoms with E-state index in [4.69, 9.17) is 9.40 Å². The Bertz CT molecular complexity index is 1500. The van der Waals surface area contributed by atoms with Gasteiger partial charge < -0.3 is 9.40 Å². The number of hydrogen-bond acceptors (Lipinski definition) is 6. The third-order valence-electron chi connectivity index (χ3n) is 5.82. The average Bonchev–Trinajstić information content (AvgIpc) is 3.55. The number of fused-ring (bicyclic) bond motifs is 1. The van der Waals surface area contributed by atoms with Crippen LogP contribution in [0, 0.1) is 0 Å². The van der Waals surface area contributed by atoms with Gasteiger partial charge in [0.2, 0.25) is 12.3 Å². The first kappa shape index (κ1) is 21.6. The monoisotopic (exact) mass is 456 g/mol. The van der Waals surface area contributed by atoms with Crippen molar-refractivity contribution in [3.63, 3.8) is 0 Å². The zero-order valence-electron chi connectivity index (χ0n) is 18.7. The highest BCUT2D eigenvalue weighted by Gasteiger charge is 2.27. The van der Waals surface area contributed by atoms with Crippen molar-refractivity contribution in [2.24, 2.45) is 0 Å². The lowest BCUT2D eigenvalue weighted by molar-refractivity contribution is 0.482. The second-order valence-corrected chi connectivity index (χ2v) is 8.07.